The third-order valence-electron chi connectivity index (χ3n) is 7.36. The van der Waals surface area contributed by atoms with Gasteiger partial charge in [0.15, 0.2) is 0 Å². The first kappa shape index (κ1) is 23.2. The van der Waals surface area contributed by atoms with Crippen molar-refractivity contribution in [3.63, 3.8) is 0 Å². The summed E-state index contributed by atoms with van der Waals surface area (Å²) in [5.74, 6) is -0.0231. The summed E-state index contributed by atoms with van der Waals surface area (Å²) in [5, 5.41) is 5.22. The van der Waals surface area contributed by atoms with Crippen molar-refractivity contribution in [1.82, 2.24) is 20.0 Å². The molecule has 9 heteroatoms. The second-order valence-corrected chi connectivity index (χ2v) is 10.2. The molecular weight excluding hydrogens is 428 g/mol. The molecule has 0 aromatic carbocycles. The zero-order valence-electron chi connectivity index (χ0n) is 19.0. The molecule has 0 unspecified atom stereocenters. The lowest BCUT2D eigenvalue weighted by Gasteiger charge is -2.34. The number of esters is 1. The van der Waals surface area contributed by atoms with E-state index in [4.69, 9.17) is 4.74 Å². The van der Waals surface area contributed by atoms with Crippen LogP contribution in [0.15, 0.2) is 17.5 Å². The number of thiophene rings is 1. The van der Waals surface area contributed by atoms with E-state index >= 15 is 0 Å². The van der Waals surface area contributed by atoms with Crippen LogP contribution in [-0.4, -0.2) is 90.9 Å². The van der Waals surface area contributed by atoms with Crippen molar-refractivity contribution < 1.29 is 19.1 Å². The first-order chi connectivity index (χ1) is 15.5. The van der Waals surface area contributed by atoms with Gasteiger partial charge in [0.1, 0.15) is 6.04 Å². The van der Waals surface area contributed by atoms with Gasteiger partial charge in [0, 0.05) is 56.1 Å². The van der Waals surface area contributed by atoms with Crippen molar-refractivity contribution in [1.29, 1.82) is 0 Å². The van der Waals surface area contributed by atoms with Crippen molar-refractivity contribution in [2.75, 3.05) is 40.3 Å². The average Bonchev–Trinajstić information content (AvgIpc) is 3.46. The third-order valence-corrected chi connectivity index (χ3v) is 8.22. The SMILES string of the molecule is COC(=O)C1CCN(C(=O)CC[C@H]2CNC(=O)[C@@H]3[C@H](CCN3Cc3cccs3)N2C)CC1. The summed E-state index contributed by atoms with van der Waals surface area (Å²) < 4.78 is 4.83. The normalized spacial score (nSPS) is 27.6. The van der Waals surface area contributed by atoms with Gasteiger partial charge in [-0.05, 0) is 44.2 Å². The summed E-state index contributed by atoms with van der Waals surface area (Å²) in [6, 6.07) is 4.36. The van der Waals surface area contributed by atoms with Crippen molar-refractivity contribution >= 4 is 29.1 Å². The molecule has 0 saturated carbocycles. The Morgan fingerprint density at radius 1 is 1.22 bits per heavy atom. The van der Waals surface area contributed by atoms with Gasteiger partial charge in [-0.2, -0.15) is 0 Å². The maximum absolute atomic E-state index is 12.9. The number of carbonyl (C=O) groups is 3. The minimum atomic E-state index is -0.174. The highest BCUT2D eigenvalue weighted by Crippen LogP contribution is 2.29. The van der Waals surface area contributed by atoms with Gasteiger partial charge >= 0.3 is 5.97 Å². The van der Waals surface area contributed by atoms with Crippen LogP contribution in [0.5, 0.6) is 0 Å². The summed E-state index contributed by atoms with van der Waals surface area (Å²) in [6.07, 6.45) is 3.49. The van der Waals surface area contributed by atoms with E-state index in [1.54, 1.807) is 11.3 Å². The first-order valence-electron chi connectivity index (χ1n) is 11.6. The number of carbonyl (C=O) groups excluding carboxylic acids is 3. The van der Waals surface area contributed by atoms with Gasteiger partial charge in [-0.25, -0.2) is 0 Å². The summed E-state index contributed by atoms with van der Waals surface area (Å²) in [6.45, 7) is 3.51. The van der Waals surface area contributed by atoms with Crippen LogP contribution in [-0.2, 0) is 25.7 Å². The quantitative estimate of drug-likeness (QED) is 0.642. The Hall–Kier alpha value is -1.97. The van der Waals surface area contributed by atoms with E-state index in [1.807, 2.05) is 4.90 Å². The van der Waals surface area contributed by atoms with E-state index in [2.05, 4.69) is 39.7 Å². The number of likely N-dealkylation sites (N-methyl/N-ethyl adjacent to an activating group) is 1. The fourth-order valence-electron chi connectivity index (χ4n) is 5.41. The summed E-state index contributed by atoms with van der Waals surface area (Å²) in [4.78, 5) is 45.2. The third kappa shape index (κ3) is 5.00. The van der Waals surface area contributed by atoms with Crippen LogP contribution in [0.3, 0.4) is 0 Å². The molecule has 2 amide bonds. The molecule has 3 atom stereocenters. The molecule has 3 saturated heterocycles. The fraction of sp³-hybridized carbons (Fsp3) is 0.696. The molecule has 0 spiro atoms. The van der Waals surface area contributed by atoms with Crippen LogP contribution >= 0.6 is 11.3 Å². The number of methoxy groups -OCH3 is 1. The number of piperidine rings is 1. The molecule has 0 bridgehead atoms. The smallest absolute Gasteiger partial charge is 0.308 e. The van der Waals surface area contributed by atoms with Gasteiger partial charge in [0.2, 0.25) is 11.8 Å². The molecular formula is C23H34N4O4S. The molecule has 0 radical (unpaired) electrons. The maximum atomic E-state index is 12.9. The van der Waals surface area contributed by atoms with E-state index in [-0.39, 0.29) is 41.8 Å². The lowest BCUT2D eigenvalue weighted by molar-refractivity contribution is -0.149. The summed E-state index contributed by atoms with van der Waals surface area (Å²) in [5.41, 5.74) is 0. The lowest BCUT2D eigenvalue weighted by atomic mass is 9.96. The van der Waals surface area contributed by atoms with Gasteiger partial charge in [-0.15, -0.1) is 11.3 Å². The molecule has 3 fully saturated rings. The number of rotatable bonds is 6. The lowest BCUT2D eigenvalue weighted by Crippen LogP contribution is -2.49. The van der Waals surface area contributed by atoms with Gasteiger partial charge in [-0.1, -0.05) is 6.07 Å². The first-order valence-corrected chi connectivity index (χ1v) is 12.5. The minimum absolute atomic E-state index is 0.0938. The standard InChI is InChI=1S/C23H34N4O4S/c1-25-17(5-6-20(28)26-10-7-16(8-11-26)23(30)31-2)14-24-22(29)21-19(25)9-12-27(21)15-18-4-3-13-32-18/h3-4,13,16-17,19,21H,5-12,14-15H2,1-2H3,(H,24,29)/t17-,19-,21-/m0/s1. The van der Waals surface area contributed by atoms with Crippen LogP contribution in [0.1, 0.15) is 37.0 Å². The average molecular weight is 463 g/mol. The number of nitrogens with one attached hydrogen (secondary N) is 1. The molecule has 3 aliphatic heterocycles. The Kier molecular flexibility index (Phi) is 7.48. The number of fused-ring (bicyclic) bond motifs is 1. The number of hydrogen-bond donors (Lipinski definition) is 1. The van der Waals surface area contributed by atoms with Crippen molar-refractivity contribution in [2.24, 2.45) is 5.92 Å². The Morgan fingerprint density at radius 2 is 2.00 bits per heavy atom. The number of amides is 2. The van der Waals surface area contributed by atoms with Crippen LogP contribution < -0.4 is 5.32 Å². The van der Waals surface area contributed by atoms with Crippen LogP contribution in [0, 0.1) is 5.92 Å². The largest absolute Gasteiger partial charge is 0.469 e. The predicted molar refractivity (Wildman–Crippen MR) is 122 cm³/mol. The number of likely N-dealkylation sites (tertiary alicyclic amines) is 2. The van der Waals surface area contributed by atoms with Crippen molar-refractivity contribution in [2.45, 2.75) is 56.8 Å². The Morgan fingerprint density at radius 3 is 2.69 bits per heavy atom. The Balaban J connectivity index is 1.30. The molecule has 1 N–H and O–H groups in total. The monoisotopic (exact) mass is 462 g/mol. The van der Waals surface area contributed by atoms with Crippen molar-refractivity contribution in [3.8, 4) is 0 Å². The molecule has 32 heavy (non-hydrogen) atoms. The van der Waals surface area contributed by atoms with Crippen molar-refractivity contribution in [3.05, 3.63) is 22.4 Å². The van der Waals surface area contributed by atoms with Crippen LogP contribution in [0.25, 0.3) is 0 Å². The molecule has 4 rings (SSSR count). The second-order valence-electron chi connectivity index (χ2n) is 9.13. The molecule has 0 aliphatic carbocycles. The van der Waals surface area contributed by atoms with Crippen LogP contribution in [0.4, 0.5) is 0 Å². The zero-order chi connectivity index (χ0) is 22.7. The molecule has 1 aromatic heterocycles. The summed E-state index contributed by atoms with van der Waals surface area (Å²) in [7, 11) is 3.52. The predicted octanol–water partition coefficient (Wildman–Crippen LogP) is 1.31. The minimum Gasteiger partial charge on any atom is -0.469 e. The molecule has 3 aliphatic rings. The van der Waals surface area contributed by atoms with E-state index in [0.717, 1.165) is 25.9 Å². The highest BCUT2D eigenvalue weighted by Gasteiger charge is 2.45. The topological polar surface area (TPSA) is 82.2 Å². The highest BCUT2D eigenvalue weighted by molar-refractivity contribution is 7.09. The number of nitrogens with zero attached hydrogens (tertiary/aromatic N) is 3. The fourth-order valence-corrected chi connectivity index (χ4v) is 6.14. The van der Waals surface area contributed by atoms with Gasteiger partial charge in [0.25, 0.3) is 0 Å². The van der Waals surface area contributed by atoms with Crippen LogP contribution in [0.2, 0.25) is 0 Å². The Labute approximate surface area is 193 Å². The van der Waals surface area contributed by atoms with E-state index in [1.165, 1.54) is 12.0 Å². The van der Waals surface area contributed by atoms with Gasteiger partial charge in [0.05, 0.1) is 13.0 Å². The molecule has 8 nitrogen and oxygen atoms in total. The molecule has 1 aromatic rings. The van der Waals surface area contributed by atoms with Gasteiger partial charge in [-0.3, -0.25) is 24.2 Å². The van der Waals surface area contributed by atoms with E-state index in [0.29, 0.717) is 38.9 Å². The molecule has 176 valence electrons. The van der Waals surface area contributed by atoms with E-state index in [9.17, 15) is 14.4 Å². The zero-order valence-corrected chi connectivity index (χ0v) is 19.8. The number of hydrogen-bond acceptors (Lipinski definition) is 7. The molecule has 4 heterocycles. The van der Waals surface area contributed by atoms with E-state index < -0.39 is 0 Å². The Bertz CT molecular complexity index is 809. The maximum Gasteiger partial charge on any atom is 0.308 e. The van der Waals surface area contributed by atoms with Gasteiger partial charge < -0.3 is 15.0 Å². The summed E-state index contributed by atoms with van der Waals surface area (Å²) >= 11 is 1.73. The second kappa shape index (κ2) is 10.3. The highest BCUT2D eigenvalue weighted by atomic mass is 32.1. The number of ether oxygens (including phenoxy) is 1.